The quantitative estimate of drug-likeness (QED) is 0.843. The Morgan fingerprint density at radius 1 is 1.18 bits per heavy atom. The molecule has 2 fully saturated rings. The summed E-state index contributed by atoms with van der Waals surface area (Å²) < 4.78 is 0. The Hall–Kier alpha value is -2.37. The van der Waals surface area contributed by atoms with Crippen molar-refractivity contribution < 1.29 is 19.5 Å². The van der Waals surface area contributed by atoms with Gasteiger partial charge >= 0.3 is 5.97 Å². The van der Waals surface area contributed by atoms with Crippen LogP contribution in [0.4, 0.5) is 5.69 Å². The number of carboxylic acid groups (broad SMARTS) is 1. The number of benzene rings is 1. The molecule has 0 atom stereocenters. The summed E-state index contributed by atoms with van der Waals surface area (Å²) in [5.41, 5.74) is 0.666. The van der Waals surface area contributed by atoms with Crippen LogP contribution in [0.3, 0.4) is 0 Å². The number of carboxylic acids is 1. The van der Waals surface area contributed by atoms with Crippen molar-refractivity contribution >= 4 is 23.5 Å². The zero-order chi connectivity index (χ0) is 15.9. The molecular formula is C16H18N2O4. The van der Waals surface area contributed by atoms with E-state index in [2.05, 4.69) is 0 Å². The smallest absolute Gasteiger partial charge is 0.314 e. The number of amides is 2. The van der Waals surface area contributed by atoms with Crippen LogP contribution in [0.1, 0.15) is 24.8 Å². The van der Waals surface area contributed by atoms with Gasteiger partial charge in [-0.15, -0.1) is 0 Å². The van der Waals surface area contributed by atoms with E-state index in [-0.39, 0.29) is 24.9 Å². The number of imide groups is 1. The van der Waals surface area contributed by atoms with Crippen molar-refractivity contribution in [1.82, 2.24) is 4.90 Å². The Bertz CT molecular complexity index is 633. The third kappa shape index (κ3) is 2.15. The fraction of sp³-hybridized carbons (Fsp3) is 0.438. The van der Waals surface area contributed by atoms with Gasteiger partial charge < -0.3 is 10.0 Å². The van der Waals surface area contributed by atoms with E-state index < -0.39 is 11.4 Å². The number of piperazine rings is 1. The molecule has 0 unspecified atom stereocenters. The van der Waals surface area contributed by atoms with E-state index in [1.807, 2.05) is 12.1 Å². The SMILES string of the molecule is CN1C(=O)CN(c2cccc(C3(C(=O)O)CCC3)c2)CC1=O. The second-order valence-electron chi connectivity index (χ2n) is 5.99. The first kappa shape index (κ1) is 14.6. The molecule has 3 rings (SSSR count). The van der Waals surface area contributed by atoms with Gasteiger partial charge in [0.15, 0.2) is 0 Å². The van der Waals surface area contributed by atoms with Crippen LogP contribution in [0.5, 0.6) is 0 Å². The maximum atomic E-state index is 11.8. The lowest BCUT2D eigenvalue weighted by Gasteiger charge is -2.39. The Morgan fingerprint density at radius 3 is 2.32 bits per heavy atom. The summed E-state index contributed by atoms with van der Waals surface area (Å²) >= 11 is 0. The van der Waals surface area contributed by atoms with Gasteiger partial charge in [0.25, 0.3) is 0 Å². The molecule has 1 aliphatic carbocycles. The number of aliphatic carboxylic acids is 1. The van der Waals surface area contributed by atoms with Crippen LogP contribution in [0, 0.1) is 0 Å². The first-order valence-corrected chi connectivity index (χ1v) is 7.32. The number of nitrogens with zero attached hydrogens (tertiary/aromatic N) is 2. The van der Waals surface area contributed by atoms with Gasteiger partial charge in [0.2, 0.25) is 11.8 Å². The largest absolute Gasteiger partial charge is 0.481 e. The van der Waals surface area contributed by atoms with E-state index in [1.54, 1.807) is 17.0 Å². The van der Waals surface area contributed by atoms with E-state index >= 15 is 0 Å². The molecular weight excluding hydrogens is 284 g/mol. The van der Waals surface area contributed by atoms with Crippen molar-refractivity contribution in [3.8, 4) is 0 Å². The zero-order valence-corrected chi connectivity index (χ0v) is 12.4. The third-order valence-electron chi connectivity index (χ3n) is 4.78. The number of rotatable bonds is 3. The van der Waals surface area contributed by atoms with E-state index in [9.17, 15) is 19.5 Å². The Morgan fingerprint density at radius 2 is 1.82 bits per heavy atom. The monoisotopic (exact) mass is 302 g/mol. The molecule has 1 aromatic carbocycles. The third-order valence-corrected chi connectivity index (χ3v) is 4.78. The number of anilines is 1. The predicted octanol–water partition coefficient (Wildman–Crippen LogP) is 0.998. The minimum absolute atomic E-state index is 0.131. The average molecular weight is 302 g/mol. The molecule has 0 aromatic heterocycles. The molecule has 1 saturated heterocycles. The van der Waals surface area contributed by atoms with Gasteiger partial charge in [0.1, 0.15) is 0 Å². The minimum atomic E-state index is -0.809. The molecule has 1 N–H and O–H groups in total. The second-order valence-corrected chi connectivity index (χ2v) is 5.99. The molecule has 2 aliphatic rings. The number of likely N-dealkylation sites (N-methyl/N-ethyl adjacent to an activating group) is 1. The van der Waals surface area contributed by atoms with E-state index in [0.717, 1.165) is 22.6 Å². The topological polar surface area (TPSA) is 77.9 Å². The normalized spacial score (nSPS) is 20.8. The van der Waals surface area contributed by atoms with Gasteiger partial charge in [0, 0.05) is 12.7 Å². The van der Waals surface area contributed by atoms with Crippen molar-refractivity contribution in [2.75, 3.05) is 25.0 Å². The highest BCUT2D eigenvalue weighted by atomic mass is 16.4. The Labute approximate surface area is 128 Å². The fourth-order valence-corrected chi connectivity index (χ4v) is 3.07. The molecule has 0 bridgehead atoms. The van der Waals surface area contributed by atoms with Crippen LogP contribution in [-0.4, -0.2) is 47.9 Å². The maximum absolute atomic E-state index is 11.8. The lowest BCUT2D eigenvalue weighted by molar-refractivity contribution is -0.147. The van der Waals surface area contributed by atoms with Crippen molar-refractivity contribution in [3.63, 3.8) is 0 Å². The van der Waals surface area contributed by atoms with E-state index in [1.165, 1.54) is 7.05 Å². The summed E-state index contributed by atoms with van der Waals surface area (Å²) in [6.45, 7) is 0.261. The molecule has 1 aliphatic heterocycles. The summed E-state index contributed by atoms with van der Waals surface area (Å²) in [5.74, 6) is -1.31. The molecule has 1 aromatic rings. The van der Waals surface area contributed by atoms with Gasteiger partial charge in [-0.05, 0) is 30.5 Å². The second kappa shape index (κ2) is 5.12. The highest BCUT2D eigenvalue weighted by Gasteiger charge is 2.46. The van der Waals surface area contributed by atoms with Crippen molar-refractivity contribution in [3.05, 3.63) is 29.8 Å². The van der Waals surface area contributed by atoms with Crippen LogP contribution >= 0.6 is 0 Å². The standard InChI is InChI=1S/C16H18N2O4/c1-17-13(19)9-18(10-14(17)20)12-5-2-4-11(8-12)16(15(21)22)6-3-7-16/h2,4-5,8H,3,6-7,9-10H2,1H3,(H,21,22). The molecule has 1 saturated carbocycles. The number of hydrogen-bond acceptors (Lipinski definition) is 4. The molecule has 22 heavy (non-hydrogen) atoms. The molecule has 6 nitrogen and oxygen atoms in total. The number of carbonyl (C=O) groups is 3. The Kier molecular flexibility index (Phi) is 3.39. The minimum Gasteiger partial charge on any atom is -0.481 e. The average Bonchev–Trinajstić information content (AvgIpc) is 2.43. The van der Waals surface area contributed by atoms with Crippen molar-refractivity contribution in [2.24, 2.45) is 0 Å². The molecule has 0 spiro atoms. The van der Waals surface area contributed by atoms with Crippen LogP contribution < -0.4 is 4.90 Å². The van der Waals surface area contributed by atoms with Gasteiger partial charge in [-0.3, -0.25) is 19.3 Å². The molecule has 2 amide bonds. The lowest BCUT2D eigenvalue weighted by atomic mass is 9.64. The van der Waals surface area contributed by atoms with Gasteiger partial charge in [-0.2, -0.15) is 0 Å². The summed E-state index contributed by atoms with van der Waals surface area (Å²) in [6.07, 6.45) is 2.17. The number of hydrogen-bond donors (Lipinski definition) is 1. The lowest BCUT2D eigenvalue weighted by Crippen LogP contribution is -2.52. The van der Waals surface area contributed by atoms with E-state index in [4.69, 9.17) is 0 Å². The summed E-state index contributed by atoms with van der Waals surface area (Å²) in [4.78, 5) is 38.1. The highest BCUT2D eigenvalue weighted by molar-refractivity contribution is 6.02. The molecule has 0 radical (unpaired) electrons. The first-order valence-electron chi connectivity index (χ1n) is 7.32. The van der Waals surface area contributed by atoms with Gasteiger partial charge in [0.05, 0.1) is 18.5 Å². The van der Waals surface area contributed by atoms with Crippen LogP contribution in [0.25, 0.3) is 0 Å². The first-order chi connectivity index (χ1) is 10.4. The van der Waals surface area contributed by atoms with Gasteiger partial charge in [-0.25, -0.2) is 0 Å². The van der Waals surface area contributed by atoms with E-state index in [0.29, 0.717) is 12.8 Å². The predicted molar refractivity (Wildman–Crippen MR) is 79.6 cm³/mol. The molecule has 1 heterocycles. The highest BCUT2D eigenvalue weighted by Crippen LogP contribution is 2.44. The van der Waals surface area contributed by atoms with Crippen LogP contribution in [0.2, 0.25) is 0 Å². The fourth-order valence-electron chi connectivity index (χ4n) is 3.07. The van der Waals surface area contributed by atoms with Crippen molar-refractivity contribution in [1.29, 1.82) is 0 Å². The zero-order valence-electron chi connectivity index (χ0n) is 12.4. The van der Waals surface area contributed by atoms with Crippen LogP contribution in [0.15, 0.2) is 24.3 Å². The number of carbonyl (C=O) groups excluding carboxylic acids is 2. The maximum Gasteiger partial charge on any atom is 0.314 e. The summed E-state index contributed by atoms with van der Waals surface area (Å²) in [6, 6.07) is 7.22. The summed E-state index contributed by atoms with van der Waals surface area (Å²) in [7, 11) is 1.48. The Balaban J connectivity index is 1.90. The summed E-state index contributed by atoms with van der Waals surface area (Å²) in [5, 5.41) is 9.53. The molecule has 116 valence electrons. The van der Waals surface area contributed by atoms with Crippen LogP contribution in [-0.2, 0) is 19.8 Å². The van der Waals surface area contributed by atoms with Crippen molar-refractivity contribution in [2.45, 2.75) is 24.7 Å². The van der Waals surface area contributed by atoms with Gasteiger partial charge in [-0.1, -0.05) is 18.6 Å². The molecule has 6 heteroatoms.